The second-order valence-electron chi connectivity index (χ2n) is 9.16. The minimum atomic E-state index is -0.360. The number of rotatable bonds is 4. The normalized spacial score (nSPS) is 20.5. The van der Waals surface area contributed by atoms with Crippen molar-refractivity contribution in [3.8, 4) is 11.4 Å². The molecule has 2 fully saturated rings. The van der Waals surface area contributed by atoms with E-state index in [0.29, 0.717) is 49.0 Å². The number of carbonyl (C=O) groups is 2. The Hall–Kier alpha value is -3.75. The molecule has 0 bridgehead atoms. The molecule has 0 aliphatic carbocycles. The lowest BCUT2D eigenvalue weighted by Crippen LogP contribution is -2.54. The van der Waals surface area contributed by atoms with Crippen LogP contribution in [-0.2, 0) is 0 Å². The van der Waals surface area contributed by atoms with Crippen molar-refractivity contribution in [3.05, 3.63) is 71.9 Å². The summed E-state index contributed by atoms with van der Waals surface area (Å²) in [6, 6.07) is 15.1. The molecule has 3 heterocycles. The Kier molecular flexibility index (Phi) is 6.74. The van der Waals surface area contributed by atoms with Crippen LogP contribution >= 0.6 is 0 Å². The average Bonchev–Trinajstić information content (AvgIpc) is 3.40. The van der Waals surface area contributed by atoms with Gasteiger partial charge in [0.25, 0.3) is 5.91 Å². The SMILES string of the molecule is O=C(NC1CCCN(C(=O)c2ccccc2)C1)N1CCCC(c2nc(-c3cccc(F)c3)no2)C1. The summed E-state index contributed by atoms with van der Waals surface area (Å²) < 4.78 is 19.0. The number of halogens is 1. The first kappa shape index (κ1) is 23.0. The van der Waals surface area contributed by atoms with Gasteiger partial charge in [-0.25, -0.2) is 9.18 Å². The third kappa shape index (κ3) is 5.34. The fourth-order valence-corrected chi connectivity index (χ4v) is 4.82. The molecule has 35 heavy (non-hydrogen) atoms. The number of amides is 3. The van der Waals surface area contributed by atoms with Crippen LogP contribution in [-0.4, -0.2) is 64.1 Å². The molecule has 2 aromatic carbocycles. The molecule has 2 atom stereocenters. The standard InChI is InChI=1S/C26H28FN5O3/c27-21-11-4-9-19(15-21)23-29-24(35-30-23)20-10-5-14-32(16-20)26(34)28-22-12-6-13-31(17-22)25(33)18-7-2-1-3-8-18/h1-4,7-9,11,15,20,22H,5-6,10,12-14,16-17H2,(H,28,34). The molecule has 1 N–H and O–H groups in total. The summed E-state index contributed by atoms with van der Waals surface area (Å²) in [5, 5.41) is 7.13. The van der Waals surface area contributed by atoms with E-state index in [1.807, 2.05) is 35.2 Å². The van der Waals surface area contributed by atoms with E-state index >= 15 is 0 Å². The van der Waals surface area contributed by atoms with Gasteiger partial charge in [-0.1, -0.05) is 35.5 Å². The molecule has 2 saturated heterocycles. The number of nitrogens with zero attached hydrogens (tertiary/aromatic N) is 4. The lowest BCUT2D eigenvalue weighted by atomic mass is 9.98. The summed E-state index contributed by atoms with van der Waals surface area (Å²) in [4.78, 5) is 33.9. The van der Waals surface area contributed by atoms with Crippen molar-refractivity contribution in [3.63, 3.8) is 0 Å². The molecule has 3 amide bonds. The van der Waals surface area contributed by atoms with E-state index in [9.17, 15) is 14.0 Å². The number of carbonyl (C=O) groups excluding carboxylic acids is 2. The number of hydrogen-bond acceptors (Lipinski definition) is 5. The zero-order valence-electron chi connectivity index (χ0n) is 19.4. The second-order valence-corrected chi connectivity index (χ2v) is 9.16. The molecule has 0 saturated carbocycles. The first-order chi connectivity index (χ1) is 17.1. The van der Waals surface area contributed by atoms with Gasteiger partial charge in [-0.3, -0.25) is 4.79 Å². The minimum Gasteiger partial charge on any atom is -0.339 e. The number of piperidine rings is 2. The fraction of sp³-hybridized carbons (Fsp3) is 0.385. The van der Waals surface area contributed by atoms with E-state index in [4.69, 9.17) is 4.52 Å². The van der Waals surface area contributed by atoms with Gasteiger partial charge in [0.1, 0.15) is 5.82 Å². The summed E-state index contributed by atoms with van der Waals surface area (Å²) in [7, 11) is 0. The highest BCUT2D eigenvalue weighted by Crippen LogP contribution is 2.28. The van der Waals surface area contributed by atoms with Crippen molar-refractivity contribution < 1.29 is 18.5 Å². The van der Waals surface area contributed by atoms with Crippen LogP contribution in [0.5, 0.6) is 0 Å². The van der Waals surface area contributed by atoms with Crippen LogP contribution in [0, 0.1) is 5.82 Å². The zero-order chi connectivity index (χ0) is 24.2. The Balaban J connectivity index is 1.19. The summed E-state index contributed by atoms with van der Waals surface area (Å²) in [5.41, 5.74) is 1.22. The summed E-state index contributed by atoms with van der Waals surface area (Å²) in [6.45, 7) is 2.30. The van der Waals surface area contributed by atoms with Crippen molar-refractivity contribution in [1.29, 1.82) is 0 Å². The summed E-state index contributed by atoms with van der Waals surface area (Å²) in [6.07, 6.45) is 3.33. The minimum absolute atomic E-state index is 0.00641. The average molecular weight is 478 g/mol. The smallest absolute Gasteiger partial charge is 0.317 e. The van der Waals surface area contributed by atoms with Crippen molar-refractivity contribution in [2.45, 2.75) is 37.6 Å². The van der Waals surface area contributed by atoms with E-state index in [0.717, 1.165) is 25.7 Å². The quantitative estimate of drug-likeness (QED) is 0.612. The first-order valence-electron chi connectivity index (χ1n) is 12.1. The van der Waals surface area contributed by atoms with Crippen molar-refractivity contribution >= 4 is 11.9 Å². The van der Waals surface area contributed by atoms with Crippen LogP contribution in [0.25, 0.3) is 11.4 Å². The molecule has 2 unspecified atom stereocenters. The van der Waals surface area contributed by atoms with E-state index in [1.54, 1.807) is 17.0 Å². The van der Waals surface area contributed by atoms with Gasteiger partial charge in [0.2, 0.25) is 11.7 Å². The molecule has 2 aliphatic heterocycles. The molecule has 182 valence electrons. The highest BCUT2D eigenvalue weighted by atomic mass is 19.1. The number of urea groups is 1. The van der Waals surface area contributed by atoms with Gasteiger partial charge in [-0.05, 0) is 49.9 Å². The van der Waals surface area contributed by atoms with Crippen molar-refractivity contribution in [1.82, 2.24) is 25.3 Å². The fourth-order valence-electron chi connectivity index (χ4n) is 4.82. The Morgan fingerprint density at radius 1 is 0.971 bits per heavy atom. The number of likely N-dealkylation sites (tertiary alicyclic amines) is 2. The molecule has 2 aliphatic rings. The van der Waals surface area contributed by atoms with Gasteiger partial charge < -0.3 is 19.6 Å². The monoisotopic (exact) mass is 477 g/mol. The van der Waals surface area contributed by atoms with Gasteiger partial charge in [-0.2, -0.15) is 4.98 Å². The van der Waals surface area contributed by atoms with Crippen molar-refractivity contribution in [2.75, 3.05) is 26.2 Å². The largest absolute Gasteiger partial charge is 0.339 e. The lowest BCUT2D eigenvalue weighted by Gasteiger charge is -2.36. The van der Waals surface area contributed by atoms with E-state index in [2.05, 4.69) is 15.5 Å². The maximum atomic E-state index is 13.5. The topological polar surface area (TPSA) is 91.6 Å². The molecule has 0 spiro atoms. The van der Waals surface area contributed by atoms with Crippen LogP contribution < -0.4 is 5.32 Å². The van der Waals surface area contributed by atoms with Crippen LogP contribution in [0.3, 0.4) is 0 Å². The van der Waals surface area contributed by atoms with Crippen LogP contribution in [0.4, 0.5) is 9.18 Å². The maximum absolute atomic E-state index is 13.5. The van der Waals surface area contributed by atoms with Gasteiger partial charge in [0.05, 0.1) is 5.92 Å². The molecule has 0 radical (unpaired) electrons. The van der Waals surface area contributed by atoms with E-state index < -0.39 is 0 Å². The Morgan fingerprint density at radius 3 is 2.60 bits per heavy atom. The van der Waals surface area contributed by atoms with E-state index in [-0.39, 0.29) is 29.7 Å². The van der Waals surface area contributed by atoms with E-state index in [1.165, 1.54) is 12.1 Å². The lowest BCUT2D eigenvalue weighted by molar-refractivity contribution is 0.0692. The molecule has 9 heteroatoms. The maximum Gasteiger partial charge on any atom is 0.317 e. The third-order valence-electron chi connectivity index (χ3n) is 6.64. The molecule has 8 nitrogen and oxygen atoms in total. The van der Waals surface area contributed by atoms with Crippen LogP contribution in [0.1, 0.15) is 47.8 Å². The Labute approximate surface area is 203 Å². The van der Waals surface area contributed by atoms with Crippen LogP contribution in [0.15, 0.2) is 59.1 Å². The number of benzene rings is 2. The second kappa shape index (κ2) is 10.2. The van der Waals surface area contributed by atoms with Crippen molar-refractivity contribution in [2.24, 2.45) is 0 Å². The summed E-state index contributed by atoms with van der Waals surface area (Å²) in [5.74, 6) is 0.353. The van der Waals surface area contributed by atoms with Gasteiger partial charge in [-0.15, -0.1) is 0 Å². The Bertz CT molecular complexity index is 1180. The van der Waals surface area contributed by atoms with Crippen LogP contribution in [0.2, 0.25) is 0 Å². The predicted molar refractivity (Wildman–Crippen MR) is 127 cm³/mol. The predicted octanol–water partition coefficient (Wildman–Crippen LogP) is 4.07. The Morgan fingerprint density at radius 2 is 1.77 bits per heavy atom. The third-order valence-corrected chi connectivity index (χ3v) is 6.64. The highest BCUT2D eigenvalue weighted by molar-refractivity contribution is 5.94. The number of aromatic nitrogens is 2. The number of hydrogen-bond donors (Lipinski definition) is 1. The highest BCUT2D eigenvalue weighted by Gasteiger charge is 2.31. The molecule has 3 aromatic rings. The molecular weight excluding hydrogens is 449 g/mol. The van der Waals surface area contributed by atoms with Gasteiger partial charge in [0, 0.05) is 43.3 Å². The first-order valence-corrected chi connectivity index (χ1v) is 12.1. The van der Waals surface area contributed by atoms with Gasteiger partial charge in [0.15, 0.2) is 0 Å². The number of nitrogens with one attached hydrogen (secondary N) is 1. The molecule has 5 rings (SSSR count). The summed E-state index contributed by atoms with van der Waals surface area (Å²) >= 11 is 0. The molecular formula is C26H28FN5O3. The zero-order valence-corrected chi connectivity index (χ0v) is 19.4. The molecule has 1 aromatic heterocycles. The van der Waals surface area contributed by atoms with Gasteiger partial charge >= 0.3 is 6.03 Å².